The van der Waals surface area contributed by atoms with Crippen LogP contribution in [0, 0.1) is 17.5 Å². The topological polar surface area (TPSA) is 98.1 Å². The van der Waals surface area contributed by atoms with Gasteiger partial charge in [-0.15, -0.1) is 0 Å². The van der Waals surface area contributed by atoms with E-state index in [9.17, 15) is 18.0 Å². The number of aromatic hydroxyl groups is 1. The minimum Gasteiger partial charge on any atom is -0.503 e. The van der Waals surface area contributed by atoms with Crippen LogP contribution >= 0.6 is 0 Å². The van der Waals surface area contributed by atoms with Crippen LogP contribution in [0.1, 0.15) is 10.4 Å². The minimum atomic E-state index is -1.77. The molecular weight excluding hydrogens is 253 g/mol. The Morgan fingerprint density at radius 3 is 2.72 bits per heavy atom. The summed E-state index contributed by atoms with van der Waals surface area (Å²) in [7, 11) is 0. The number of carbonyl (C=O) groups is 1. The highest BCUT2D eigenvalue weighted by Crippen LogP contribution is 2.25. The molecule has 0 fully saturated rings. The van der Waals surface area contributed by atoms with E-state index in [1.54, 1.807) is 0 Å². The van der Waals surface area contributed by atoms with Crippen molar-refractivity contribution in [3.8, 4) is 5.75 Å². The van der Waals surface area contributed by atoms with Gasteiger partial charge in [0.25, 0.3) is 5.91 Å². The summed E-state index contributed by atoms with van der Waals surface area (Å²) in [6.45, 7) is -0.193. The number of benzene rings is 1. The molecular formula is C9H7F3N4O2. The van der Waals surface area contributed by atoms with Crippen LogP contribution in [-0.2, 0) is 0 Å². The summed E-state index contributed by atoms with van der Waals surface area (Å²) in [5.74, 6) is -7.49. The van der Waals surface area contributed by atoms with Crippen LogP contribution < -0.4 is 5.32 Å². The zero-order valence-corrected chi connectivity index (χ0v) is 8.82. The molecule has 1 amide bonds. The maximum absolute atomic E-state index is 13.3. The zero-order valence-electron chi connectivity index (χ0n) is 8.82. The highest BCUT2D eigenvalue weighted by molar-refractivity contribution is 5.94. The van der Waals surface area contributed by atoms with Crippen LogP contribution in [0.3, 0.4) is 0 Å². The molecule has 1 aromatic carbocycles. The molecule has 0 heterocycles. The van der Waals surface area contributed by atoms with E-state index in [0.717, 1.165) is 0 Å². The van der Waals surface area contributed by atoms with Gasteiger partial charge in [0.2, 0.25) is 5.82 Å². The quantitative estimate of drug-likeness (QED) is 0.284. The number of azide groups is 1. The van der Waals surface area contributed by atoms with Gasteiger partial charge in [-0.2, -0.15) is 4.39 Å². The predicted octanol–water partition coefficient (Wildman–Crippen LogP) is 1.85. The molecule has 2 N–H and O–H groups in total. The van der Waals surface area contributed by atoms with Gasteiger partial charge >= 0.3 is 0 Å². The highest BCUT2D eigenvalue weighted by Gasteiger charge is 2.21. The summed E-state index contributed by atoms with van der Waals surface area (Å²) in [6, 6.07) is 0.327. The second-order valence-corrected chi connectivity index (χ2v) is 3.09. The molecule has 96 valence electrons. The van der Waals surface area contributed by atoms with E-state index in [4.69, 9.17) is 10.6 Å². The van der Waals surface area contributed by atoms with Crippen molar-refractivity contribution in [3.63, 3.8) is 0 Å². The first-order chi connectivity index (χ1) is 8.49. The van der Waals surface area contributed by atoms with Gasteiger partial charge in [-0.3, -0.25) is 4.79 Å². The molecule has 9 heteroatoms. The van der Waals surface area contributed by atoms with Crippen molar-refractivity contribution < 1.29 is 23.1 Å². The molecule has 0 aliphatic rings. The Kier molecular flexibility index (Phi) is 4.39. The molecule has 0 aliphatic carbocycles. The van der Waals surface area contributed by atoms with Crippen molar-refractivity contribution in [1.82, 2.24) is 5.32 Å². The lowest BCUT2D eigenvalue weighted by atomic mass is 10.1. The molecule has 0 bridgehead atoms. The molecule has 0 saturated heterocycles. The molecule has 0 spiro atoms. The van der Waals surface area contributed by atoms with Gasteiger partial charge in [-0.05, 0) is 11.6 Å². The summed E-state index contributed by atoms with van der Waals surface area (Å²) in [5, 5.41) is 14.1. The number of nitrogens with zero attached hydrogens (tertiary/aromatic N) is 3. The highest BCUT2D eigenvalue weighted by atomic mass is 19.2. The lowest BCUT2D eigenvalue weighted by Gasteiger charge is -2.07. The van der Waals surface area contributed by atoms with Gasteiger partial charge in [-0.1, -0.05) is 5.11 Å². The Bertz CT molecular complexity index is 529. The Morgan fingerprint density at radius 2 is 2.11 bits per heavy atom. The van der Waals surface area contributed by atoms with Crippen LogP contribution in [0.5, 0.6) is 5.75 Å². The number of hydrogen-bond donors (Lipinski definition) is 2. The van der Waals surface area contributed by atoms with Crippen molar-refractivity contribution in [2.24, 2.45) is 5.11 Å². The predicted molar refractivity (Wildman–Crippen MR) is 54.3 cm³/mol. The number of amides is 1. The van der Waals surface area contributed by atoms with E-state index in [0.29, 0.717) is 6.07 Å². The first-order valence-electron chi connectivity index (χ1n) is 4.64. The normalized spacial score (nSPS) is 9.72. The maximum atomic E-state index is 13.3. The average molecular weight is 260 g/mol. The molecule has 18 heavy (non-hydrogen) atoms. The SMILES string of the molecule is [N-]=[N+]=NCCNC(=O)c1cc(F)c(F)c(O)c1F. The van der Waals surface area contributed by atoms with Crippen LogP contribution in [-0.4, -0.2) is 24.1 Å². The third-order valence-electron chi connectivity index (χ3n) is 1.94. The summed E-state index contributed by atoms with van der Waals surface area (Å²) >= 11 is 0. The number of phenolic OH excluding ortho intramolecular Hbond substituents is 1. The van der Waals surface area contributed by atoms with Gasteiger partial charge in [0.05, 0.1) is 5.56 Å². The first-order valence-corrected chi connectivity index (χ1v) is 4.64. The monoisotopic (exact) mass is 260 g/mol. The summed E-state index contributed by atoms with van der Waals surface area (Å²) < 4.78 is 38.9. The van der Waals surface area contributed by atoms with Crippen LogP contribution in [0.2, 0.25) is 0 Å². The number of nitrogens with one attached hydrogen (secondary N) is 1. The number of phenols is 1. The second kappa shape index (κ2) is 5.78. The molecule has 1 rings (SSSR count). The van der Waals surface area contributed by atoms with Crippen molar-refractivity contribution >= 4 is 5.91 Å². The molecule has 0 aromatic heterocycles. The van der Waals surface area contributed by atoms with E-state index in [1.807, 2.05) is 0 Å². The Balaban J connectivity index is 2.89. The van der Waals surface area contributed by atoms with Gasteiger partial charge in [-0.25, -0.2) is 8.78 Å². The van der Waals surface area contributed by atoms with Gasteiger partial charge in [0.15, 0.2) is 17.4 Å². The summed E-state index contributed by atoms with van der Waals surface area (Å²) in [6.07, 6.45) is 0. The third-order valence-corrected chi connectivity index (χ3v) is 1.94. The number of rotatable bonds is 4. The molecule has 1 aromatic rings. The van der Waals surface area contributed by atoms with Crippen LogP contribution in [0.25, 0.3) is 10.4 Å². The first kappa shape index (κ1) is 13.7. The van der Waals surface area contributed by atoms with Gasteiger partial charge in [0, 0.05) is 18.0 Å². The van der Waals surface area contributed by atoms with E-state index < -0.39 is 34.7 Å². The fourth-order valence-corrected chi connectivity index (χ4v) is 1.12. The van der Waals surface area contributed by atoms with Crippen molar-refractivity contribution in [1.29, 1.82) is 0 Å². The van der Waals surface area contributed by atoms with E-state index >= 15 is 0 Å². The number of hydrogen-bond acceptors (Lipinski definition) is 3. The van der Waals surface area contributed by atoms with Gasteiger partial charge < -0.3 is 10.4 Å². The Morgan fingerprint density at radius 1 is 1.44 bits per heavy atom. The number of carbonyl (C=O) groups excluding carboxylic acids is 1. The average Bonchev–Trinajstić information content (AvgIpc) is 2.36. The molecule has 0 unspecified atom stereocenters. The Labute approximate surface area is 98.7 Å². The van der Waals surface area contributed by atoms with E-state index in [-0.39, 0.29) is 13.1 Å². The summed E-state index contributed by atoms with van der Waals surface area (Å²) in [5.41, 5.74) is 7.12. The zero-order chi connectivity index (χ0) is 13.7. The second-order valence-electron chi connectivity index (χ2n) is 3.09. The molecule has 0 atom stereocenters. The smallest absolute Gasteiger partial charge is 0.254 e. The molecule has 0 radical (unpaired) electrons. The minimum absolute atomic E-state index is 0.0838. The number of halogens is 3. The maximum Gasteiger partial charge on any atom is 0.254 e. The molecule has 0 saturated carbocycles. The standard InChI is InChI=1S/C9H7F3N4O2/c10-5-3-4(6(11)8(17)7(5)12)9(18)14-1-2-15-16-13/h3,17H,1-2H2,(H,14,18). The van der Waals surface area contributed by atoms with E-state index in [2.05, 4.69) is 15.3 Å². The van der Waals surface area contributed by atoms with Crippen LogP contribution in [0.4, 0.5) is 13.2 Å². The van der Waals surface area contributed by atoms with Crippen molar-refractivity contribution in [2.45, 2.75) is 0 Å². The lowest BCUT2D eigenvalue weighted by molar-refractivity contribution is 0.0949. The van der Waals surface area contributed by atoms with E-state index in [1.165, 1.54) is 0 Å². The third kappa shape index (κ3) is 2.83. The van der Waals surface area contributed by atoms with Crippen molar-refractivity contribution in [3.05, 3.63) is 39.5 Å². The fraction of sp³-hybridized carbons (Fsp3) is 0.222. The largest absolute Gasteiger partial charge is 0.503 e. The summed E-state index contributed by atoms with van der Waals surface area (Å²) in [4.78, 5) is 13.8. The molecule has 0 aliphatic heterocycles. The van der Waals surface area contributed by atoms with Crippen LogP contribution in [0.15, 0.2) is 11.2 Å². The molecule has 6 nitrogen and oxygen atoms in total. The lowest BCUT2D eigenvalue weighted by Crippen LogP contribution is -2.27. The van der Waals surface area contributed by atoms with Gasteiger partial charge in [0.1, 0.15) is 0 Å². The fourth-order valence-electron chi connectivity index (χ4n) is 1.12. The Hall–Kier alpha value is -2.41. The van der Waals surface area contributed by atoms with Crippen molar-refractivity contribution in [2.75, 3.05) is 13.1 Å².